The molecule has 0 heterocycles. The number of aryl methyl sites for hydroxylation is 1. The highest BCUT2D eigenvalue weighted by molar-refractivity contribution is 5.37. The van der Waals surface area contributed by atoms with Crippen LogP contribution in [0.1, 0.15) is 18.1 Å². The fourth-order valence-corrected chi connectivity index (χ4v) is 1.84. The van der Waals surface area contributed by atoms with Gasteiger partial charge in [0.05, 0.1) is 7.11 Å². The molecule has 0 bridgehead atoms. The van der Waals surface area contributed by atoms with E-state index in [1.54, 1.807) is 7.11 Å². The minimum atomic E-state index is 0.896. The Morgan fingerprint density at radius 3 is 2.69 bits per heavy atom. The first-order valence-electron chi connectivity index (χ1n) is 5.70. The molecule has 0 unspecified atom stereocenters. The van der Waals surface area contributed by atoms with Gasteiger partial charge in [-0.1, -0.05) is 19.1 Å². The van der Waals surface area contributed by atoms with Gasteiger partial charge in [0, 0.05) is 13.2 Å². The zero-order valence-corrected chi connectivity index (χ0v) is 10.7. The SMILES string of the molecule is CCc1cc(CN(C)CNC)ccc1OC. The molecule has 0 aromatic heterocycles. The van der Waals surface area contributed by atoms with E-state index in [1.165, 1.54) is 11.1 Å². The van der Waals surface area contributed by atoms with Crippen LogP contribution in [-0.2, 0) is 13.0 Å². The van der Waals surface area contributed by atoms with E-state index in [0.717, 1.165) is 25.4 Å². The van der Waals surface area contributed by atoms with Gasteiger partial charge in [0.25, 0.3) is 0 Å². The molecule has 0 radical (unpaired) electrons. The first-order chi connectivity index (χ1) is 7.71. The highest BCUT2D eigenvalue weighted by Gasteiger charge is 2.04. The number of methoxy groups -OCH3 is 1. The molecule has 1 aromatic carbocycles. The molecule has 1 aromatic rings. The van der Waals surface area contributed by atoms with Crippen molar-refractivity contribution in [2.45, 2.75) is 19.9 Å². The predicted octanol–water partition coefficient (Wildman–Crippen LogP) is 1.87. The number of nitrogens with zero attached hydrogens (tertiary/aromatic N) is 1. The fourth-order valence-electron chi connectivity index (χ4n) is 1.84. The van der Waals surface area contributed by atoms with Crippen LogP contribution < -0.4 is 10.1 Å². The quantitative estimate of drug-likeness (QED) is 0.744. The summed E-state index contributed by atoms with van der Waals surface area (Å²) in [6, 6.07) is 6.41. The molecule has 0 aliphatic heterocycles. The molecule has 16 heavy (non-hydrogen) atoms. The molecule has 0 aliphatic rings. The molecule has 3 heteroatoms. The van der Waals surface area contributed by atoms with Crippen LogP contribution in [0.4, 0.5) is 0 Å². The zero-order chi connectivity index (χ0) is 12.0. The summed E-state index contributed by atoms with van der Waals surface area (Å²) in [6.45, 7) is 4.00. The molecule has 3 nitrogen and oxygen atoms in total. The summed E-state index contributed by atoms with van der Waals surface area (Å²) in [5.74, 6) is 0.988. The number of benzene rings is 1. The summed E-state index contributed by atoms with van der Waals surface area (Å²) in [4.78, 5) is 2.24. The zero-order valence-electron chi connectivity index (χ0n) is 10.7. The summed E-state index contributed by atoms with van der Waals surface area (Å²) in [5, 5.41) is 3.14. The Kier molecular flexibility index (Phi) is 5.29. The maximum Gasteiger partial charge on any atom is 0.122 e. The smallest absolute Gasteiger partial charge is 0.122 e. The maximum atomic E-state index is 5.32. The predicted molar refractivity (Wildman–Crippen MR) is 67.8 cm³/mol. The van der Waals surface area contributed by atoms with Crippen LogP contribution in [0.2, 0.25) is 0 Å². The first kappa shape index (κ1) is 13.0. The number of hydrogen-bond acceptors (Lipinski definition) is 3. The number of hydrogen-bond donors (Lipinski definition) is 1. The van der Waals surface area contributed by atoms with Crippen molar-refractivity contribution in [1.29, 1.82) is 0 Å². The molecule has 0 saturated carbocycles. The van der Waals surface area contributed by atoms with E-state index in [9.17, 15) is 0 Å². The third-order valence-electron chi connectivity index (χ3n) is 2.61. The van der Waals surface area contributed by atoms with Crippen molar-refractivity contribution in [1.82, 2.24) is 10.2 Å². The highest BCUT2D eigenvalue weighted by Crippen LogP contribution is 2.20. The Balaban J connectivity index is 2.74. The highest BCUT2D eigenvalue weighted by atomic mass is 16.5. The van der Waals surface area contributed by atoms with E-state index in [-0.39, 0.29) is 0 Å². The van der Waals surface area contributed by atoms with Gasteiger partial charge in [-0.15, -0.1) is 0 Å². The second-order valence-electron chi connectivity index (χ2n) is 4.03. The van der Waals surface area contributed by atoms with Crippen LogP contribution in [0, 0.1) is 0 Å². The van der Waals surface area contributed by atoms with Gasteiger partial charge >= 0.3 is 0 Å². The molecular weight excluding hydrogens is 200 g/mol. The third-order valence-corrected chi connectivity index (χ3v) is 2.61. The fraction of sp³-hybridized carbons (Fsp3) is 0.538. The number of rotatable bonds is 6. The second kappa shape index (κ2) is 6.51. The van der Waals surface area contributed by atoms with Gasteiger partial charge in [-0.3, -0.25) is 4.90 Å². The lowest BCUT2D eigenvalue weighted by atomic mass is 10.1. The monoisotopic (exact) mass is 222 g/mol. The normalized spacial score (nSPS) is 10.8. The van der Waals surface area contributed by atoms with Crippen molar-refractivity contribution in [2.75, 3.05) is 27.9 Å². The van der Waals surface area contributed by atoms with Crippen molar-refractivity contribution >= 4 is 0 Å². The standard InChI is InChI=1S/C13H22N2O/c1-5-12-8-11(6-7-13(12)16-4)9-15(3)10-14-2/h6-8,14H,5,9-10H2,1-4H3. The van der Waals surface area contributed by atoms with Crippen molar-refractivity contribution in [2.24, 2.45) is 0 Å². The lowest BCUT2D eigenvalue weighted by Crippen LogP contribution is -2.28. The van der Waals surface area contributed by atoms with E-state index in [2.05, 4.69) is 42.4 Å². The van der Waals surface area contributed by atoms with Gasteiger partial charge in [0.2, 0.25) is 0 Å². The number of ether oxygens (including phenoxy) is 1. The lowest BCUT2D eigenvalue weighted by Gasteiger charge is -2.17. The maximum absolute atomic E-state index is 5.32. The van der Waals surface area contributed by atoms with Crippen LogP contribution in [0.5, 0.6) is 5.75 Å². The molecule has 0 aliphatic carbocycles. The van der Waals surface area contributed by atoms with E-state index in [4.69, 9.17) is 4.74 Å². The van der Waals surface area contributed by atoms with Crippen LogP contribution in [-0.4, -0.2) is 32.8 Å². The molecule has 1 rings (SSSR count). The molecule has 0 spiro atoms. The van der Waals surface area contributed by atoms with Crippen LogP contribution in [0.15, 0.2) is 18.2 Å². The third kappa shape index (κ3) is 3.51. The van der Waals surface area contributed by atoms with Crippen LogP contribution in [0.25, 0.3) is 0 Å². The second-order valence-corrected chi connectivity index (χ2v) is 4.03. The minimum absolute atomic E-state index is 0.896. The summed E-state index contributed by atoms with van der Waals surface area (Å²) in [6.07, 6.45) is 1.01. The molecule has 0 saturated heterocycles. The van der Waals surface area contributed by atoms with E-state index < -0.39 is 0 Å². The average Bonchev–Trinajstić information content (AvgIpc) is 2.29. The van der Waals surface area contributed by atoms with Gasteiger partial charge in [0.1, 0.15) is 5.75 Å². The molecule has 0 amide bonds. The largest absolute Gasteiger partial charge is 0.496 e. The van der Waals surface area contributed by atoms with E-state index in [1.807, 2.05) is 7.05 Å². The summed E-state index contributed by atoms with van der Waals surface area (Å²) in [7, 11) is 5.79. The Morgan fingerprint density at radius 1 is 1.38 bits per heavy atom. The van der Waals surface area contributed by atoms with Gasteiger partial charge in [-0.25, -0.2) is 0 Å². The summed E-state index contributed by atoms with van der Waals surface area (Å²) < 4.78 is 5.32. The van der Waals surface area contributed by atoms with Crippen molar-refractivity contribution in [3.63, 3.8) is 0 Å². The van der Waals surface area contributed by atoms with Crippen LogP contribution in [0.3, 0.4) is 0 Å². The van der Waals surface area contributed by atoms with E-state index >= 15 is 0 Å². The summed E-state index contributed by atoms with van der Waals surface area (Å²) in [5.41, 5.74) is 2.60. The average molecular weight is 222 g/mol. The van der Waals surface area contributed by atoms with Gasteiger partial charge in [-0.2, -0.15) is 0 Å². The van der Waals surface area contributed by atoms with Gasteiger partial charge in [0.15, 0.2) is 0 Å². The van der Waals surface area contributed by atoms with Crippen LogP contribution >= 0.6 is 0 Å². The molecule has 1 N–H and O–H groups in total. The van der Waals surface area contributed by atoms with Gasteiger partial charge in [-0.05, 0) is 37.7 Å². The Morgan fingerprint density at radius 2 is 2.12 bits per heavy atom. The topological polar surface area (TPSA) is 24.5 Å². The molecule has 90 valence electrons. The molecule has 0 fully saturated rings. The summed E-state index contributed by atoms with van der Waals surface area (Å²) >= 11 is 0. The minimum Gasteiger partial charge on any atom is -0.496 e. The van der Waals surface area contributed by atoms with Crippen molar-refractivity contribution in [3.8, 4) is 5.75 Å². The number of nitrogens with one attached hydrogen (secondary N) is 1. The van der Waals surface area contributed by atoms with E-state index in [0.29, 0.717) is 0 Å². The molecule has 0 atom stereocenters. The Hall–Kier alpha value is -1.06. The first-order valence-corrected chi connectivity index (χ1v) is 5.70. The van der Waals surface area contributed by atoms with Crippen molar-refractivity contribution in [3.05, 3.63) is 29.3 Å². The Bertz CT molecular complexity index is 326. The Labute approximate surface area is 98.4 Å². The van der Waals surface area contributed by atoms with Crippen molar-refractivity contribution < 1.29 is 4.74 Å². The lowest BCUT2D eigenvalue weighted by molar-refractivity contribution is 0.309. The van der Waals surface area contributed by atoms with Gasteiger partial charge < -0.3 is 10.1 Å². The molecular formula is C13H22N2O.